The summed E-state index contributed by atoms with van der Waals surface area (Å²) in [6, 6.07) is 10.2. The molecular formula is C21H23N3O3S. The molecule has 1 aliphatic heterocycles. The van der Waals surface area contributed by atoms with Gasteiger partial charge in [-0.2, -0.15) is 0 Å². The van der Waals surface area contributed by atoms with Gasteiger partial charge in [-0.15, -0.1) is 11.3 Å². The molecule has 146 valence electrons. The van der Waals surface area contributed by atoms with E-state index in [4.69, 9.17) is 14.5 Å². The third kappa shape index (κ3) is 3.47. The molecule has 0 saturated carbocycles. The van der Waals surface area contributed by atoms with Crippen LogP contribution in [-0.2, 0) is 9.47 Å². The van der Waals surface area contributed by atoms with Crippen LogP contribution in [0.1, 0.15) is 39.7 Å². The van der Waals surface area contributed by atoms with Gasteiger partial charge in [-0.05, 0) is 31.9 Å². The quantitative estimate of drug-likeness (QED) is 0.619. The lowest BCUT2D eigenvalue weighted by Gasteiger charge is -2.34. The molecule has 7 heteroatoms. The fraction of sp³-hybridized carbons (Fsp3) is 0.381. The molecule has 1 fully saturated rings. The van der Waals surface area contributed by atoms with E-state index >= 15 is 0 Å². The first kappa shape index (κ1) is 18.8. The Morgan fingerprint density at radius 3 is 2.82 bits per heavy atom. The highest BCUT2D eigenvalue weighted by molar-refractivity contribution is 7.20. The van der Waals surface area contributed by atoms with Gasteiger partial charge in [0.1, 0.15) is 27.5 Å². The number of thiophene rings is 1. The Hall–Kier alpha value is -2.51. The number of morpholine rings is 1. The smallest absolute Gasteiger partial charge is 0.348 e. The molecule has 6 nitrogen and oxygen atoms in total. The van der Waals surface area contributed by atoms with Gasteiger partial charge in [-0.1, -0.05) is 30.3 Å². The second kappa shape index (κ2) is 7.85. The largest absolute Gasteiger partial charge is 0.462 e. The number of carbonyl (C=O) groups is 1. The molecule has 3 heterocycles. The Morgan fingerprint density at radius 2 is 2.07 bits per heavy atom. The van der Waals surface area contributed by atoms with Crippen LogP contribution in [0.2, 0.25) is 0 Å². The first-order valence-electron chi connectivity index (χ1n) is 9.44. The molecule has 3 aromatic rings. The van der Waals surface area contributed by atoms with E-state index in [1.807, 2.05) is 39.0 Å². The van der Waals surface area contributed by atoms with E-state index in [9.17, 15) is 4.79 Å². The van der Waals surface area contributed by atoms with Crippen molar-refractivity contribution in [3.63, 3.8) is 0 Å². The predicted octanol–water partition coefficient (Wildman–Crippen LogP) is 4.06. The van der Waals surface area contributed by atoms with Crippen molar-refractivity contribution in [3.05, 3.63) is 52.2 Å². The summed E-state index contributed by atoms with van der Waals surface area (Å²) in [6.45, 7) is 8.08. The van der Waals surface area contributed by atoms with Gasteiger partial charge >= 0.3 is 5.97 Å². The molecule has 1 aliphatic rings. The van der Waals surface area contributed by atoms with Crippen molar-refractivity contribution in [1.29, 1.82) is 0 Å². The molecule has 0 radical (unpaired) electrons. The zero-order chi connectivity index (χ0) is 19.7. The summed E-state index contributed by atoms with van der Waals surface area (Å²) in [5.74, 6) is 1.27. The minimum atomic E-state index is -0.296. The number of hydrogen-bond donors (Lipinski definition) is 0. The third-order valence-electron chi connectivity index (χ3n) is 4.88. The standard InChI is InChI=1S/C21H23N3O3S/c1-4-26-21(25)18-13(2)17-19(22-14(3)23-20(17)28-18)24-10-11-27-16(12-24)15-8-6-5-7-9-15/h5-9,16H,4,10-12H2,1-3H3. The van der Waals surface area contributed by atoms with Gasteiger partial charge in [0.05, 0.1) is 18.6 Å². The van der Waals surface area contributed by atoms with E-state index in [0.29, 0.717) is 30.5 Å². The van der Waals surface area contributed by atoms with Crippen LogP contribution in [0.15, 0.2) is 30.3 Å². The van der Waals surface area contributed by atoms with Crippen LogP contribution in [0.3, 0.4) is 0 Å². The molecule has 1 unspecified atom stereocenters. The van der Waals surface area contributed by atoms with Gasteiger partial charge < -0.3 is 14.4 Å². The maximum Gasteiger partial charge on any atom is 0.348 e. The average Bonchev–Trinajstić information content (AvgIpc) is 3.05. The maximum atomic E-state index is 12.4. The van der Waals surface area contributed by atoms with Crippen molar-refractivity contribution in [2.24, 2.45) is 0 Å². The van der Waals surface area contributed by atoms with Crippen molar-refractivity contribution in [3.8, 4) is 0 Å². The fourth-order valence-electron chi connectivity index (χ4n) is 3.55. The molecule has 0 amide bonds. The Kier molecular flexibility index (Phi) is 5.28. The van der Waals surface area contributed by atoms with E-state index in [2.05, 4.69) is 22.0 Å². The second-order valence-corrected chi connectivity index (χ2v) is 7.77. The first-order valence-corrected chi connectivity index (χ1v) is 10.3. The van der Waals surface area contributed by atoms with Gasteiger partial charge in [0, 0.05) is 13.1 Å². The minimum absolute atomic E-state index is 0.0104. The van der Waals surface area contributed by atoms with Gasteiger partial charge in [-0.3, -0.25) is 0 Å². The van der Waals surface area contributed by atoms with E-state index in [-0.39, 0.29) is 12.1 Å². The molecular weight excluding hydrogens is 374 g/mol. The van der Waals surface area contributed by atoms with Crippen molar-refractivity contribution in [2.75, 3.05) is 31.2 Å². The van der Waals surface area contributed by atoms with Crippen molar-refractivity contribution >= 4 is 33.3 Å². The fourth-order valence-corrected chi connectivity index (χ4v) is 4.67. The third-order valence-corrected chi connectivity index (χ3v) is 6.05. The zero-order valence-electron chi connectivity index (χ0n) is 16.3. The van der Waals surface area contributed by atoms with E-state index < -0.39 is 0 Å². The van der Waals surface area contributed by atoms with Crippen LogP contribution in [0.4, 0.5) is 5.82 Å². The summed E-state index contributed by atoms with van der Waals surface area (Å²) in [5.41, 5.74) is 2.04. The summed E-state index contributed by atoms with van der Waals surface area (Å²) in [7, 11) is 0. The number of fused-ring (bicyclic) bond motifs is 1. The molecule has 1 aromatic carbocycles. The number of benzene rings is 1. The highest BCUT2D eigenvalue weighted by Crippen LogP contribution is 2.37. The number of aromatic nitrogens is 2. The highest BCUT2D eigenvalue weighted by atomic mass is 32.1. The van der Waals surface area contributed by atoms with Crippen LogP contribution in [0.25, 0.3) is 10.2 Å². The maximum absolute atomic E-state index is 12.4. The van der Waals surface area contributed by atoms with E-state index in [1.54, 1.807) is 0 Å². The first-order chi connectivity index (χ1) is 13.6. The van der Waals surface area contributed by atoms with Gasteiger partial charge in [0.15, 0.2) is 0 Å². The van der Waals surface area contributed by atoms with Crippen LogP contribution >= 0.6 is 11.3 Å². The summed E-state index contributed by atoms with van der Waals surface area (Å²) < 4.78 is 11.2. The summed E-state index contributed by atoms with van der Waals surface area (Å²) in [4.78, 5) is 25.3. The predicted molar refractivity (Wildman–Crippen MR) is 110 cm³/mol. The average molecular weight is 398 g/mol. The minimum Gasteiger partial charge on any atom is -0.462 e. The molecule has 0 N–H and O–H groups in total. The number of anilines is 1. The number of nitrogens with zero attached hydrogens (tertiary/aromatic N) is 3. The number of rotatable bonds is 4. The normalized spacial score (nSPS) is 17.1. The number of aryl methyl sites for hydroxylation is 2. The molecule has 0 spiro atoms. The second-order valence-electron chi connectivity index (χ2n) is 6.77. The zero-order valence-corrected chi connectivity index (χ0v) is 17.1. The highest BCUT2D eigenvalue weighted by Gasteiger charge is 2.27. The summed E-state index contributed by atoms with van der Waals surface area (Å²) in [6.07, 6.45) is -0.0104. The SMILES string of the molecule is CCOC(=O)c1sc2nc(C)nc(N3CCOC(c4ccccc4)C3)c2c1C. The molecule has 4 rings (SSSR count). The number of esters is 1. The van der Waals surface area contributed by atoms with Crippen LogP contribution in [0, 0.1) is 13.8 Å². The number of hydrogen-bond acceptors (Lipinski definition) is 7. The Bertz CT molecular complexity index is 1000. The van der Waals surface area contributed by atoms with Gasteiger partial charge in [-0.25, -0.2) is 14.8 Å². The molecule has 2 aromatic heterocycles. The molecule has 1 saturated heterocycles. The molecule has 0 bridgehead atoms. The Labute approximate surface area is 168 Å². The summed E-state index contributed by atoms with van der Waals surface area (Å²) in [5, 5.41) is 0.937. The number of carbonyl (C=O) groups excluding carboxylic acids is 1. The lowest BCUT2D eigenvalue weighted by molar-refractivity contribution is 0.0396. The van der Waals surface area contributed by atoms with Crippen molar-refractivity contribution in [1.82, 2.24) is 9.97 Å². The Morgan fingerprint density at radius 1 is 1.29 bits per heavy atom. The van der Waals surface area contributed by atoms with E-state index in [0.717, 1.165) is 33.7 Å². The lowest BCUT2D eigenvalue weighted by Crippen LogP contribution is -2.39. The Balaban J connectivity index is 1.74. The molecule has 0 aliphatic carbocycles. The number of ether oxygens (including phenoxy) is 2. The monoisotopic (exact) mass is 397 g/mol. The van der Waals surface area contributed by atoms with Crippen LogP contribution in [0.5, 0.6) is 0 Å². The van der Waals surface area contributed by atoms with Crippen LogP contribution in [-0.4, -0.2) is 42.2 Å². The van der Waals surface area contributed by atoms with Gasteiger partial charge in [0.2, 0.25) is 0 Å². The van der Waals surface area contributed by atoms with E-state index in [1.165, 1.54) is 11.3 Å². The summed E-state index contributed by atoms with van der Waals surface area (Å²) >= 11 is 1.38. The van der Waals surface area contributed by atoms with Crippen LogP contribution < -0.4 is 4.90 Å². The molecule has 28 heavy (non-hydrogen) atoms. The topological polar surface area (TPSA) is 64.5 Å². The lowest BCUT2D eigenvalue weighted by atomic mass is 10.1. The molecule has 1 atom stereocenters. The van der Waals surface area contributed by atoms with Crippen molar-refractivity contribution in [2.45, 2.75) is 26.9 Å². The van der Waals surface area contributed by atoms with Gasteiger partial charge in [0.25, 0.3) is 0 Å². The van der Waals surface area contributed by atoms with Crippen molar-refractivity contribution < 1.29 is 14.3 Å².